The van der Waals surface area contributed by atoms with Crippen LogP contribution in [0.5, 0.6) is 0 Å². The number of aromatic nitrogens is 1. The van der Waals surface area contributed by atoms with Gasteiger partial charge in [0.1, 0.15) is 16.4 Å². The fourth-order valence-corrected chi connectivity index (χ4v) is 4.17. The van der Waals surface area contributed by atoms with Crippen molar-refractivity contribution in [2.75, 3.05) is 13.1 Å². The van der Waals surface area contributed by atoms with E-state index in [0.717, 1.165) is 0 Å². The van der Waals surface area contributed by atoms with Gasteiger partial charge in [-0.1, -0.05) is 26.0 Å². The van der Waals surface area contributed by atoms with E-state index >= 15 is 0 Å². The highest BCUT2D eigenvalue weighted by atomic mass is 32.2. The number of carbonyl (C=O) groups excluding carboxylic acids is 2. The summed E-state index contributed by atoms with van der Waals surface area (Å²) >= 11 is 0. The second-order valence-corrected chi connectivity index (χ2v) is 8.00. The topological polar surface area (TPSA) is 101 Å². The van der Waals surface area contributed by atoms with Crippen LogP contribution in [-0.2, 0) is 28.3 Å². The second-order valence-electron chi connectivity index (χ2n) is 6.07. The highest BCUT2D eigenvalue weighted by Gasteiger charge is 2.25. The molecule has 2 rings (SSSR count). The maximum atomic E-state index is 12.9. The lowest BCUT2D eigenvalue weighted by Crippen LogP contribution is -2.42. The van der Waals surface area contributed by atoms with Gasteiger partial charge in [0.2, 0.25) is 15.9 Å². The van der Waals surface area contributed by atoms with Gasteiger partial charge in [0, 0.05) is 26.3 Å². The molecule has 0 unspecified atom stereocenters. The second kappa shape index (κ2) is 8.98. The van der Waals surface area contributed by atoms with Crippen molar-refractivity contribution >= 4 is 21.8 Å². The Morgan fingerprint density at radius 3 is 2.29 bits per heavy atom. The first kappa shape index (κ1) is 21.6. The fourth-order valence-electron chi connectivity index (χ4n) is 2.64. The summed E-state index contributed by atoms with van der Waals surface area (Å²) in [7, 11) is -2.16. The molecule has 0 radical (unpaired) electrons. The van der Waals surface area contributed by atoms with Gasteiger partial charge < -0.3 is 4.57 Å². The number of amides is 2. The summed E-state index contributed by atoms with van der Waals surface area (Å²) in [5, 5.41) is 0. The Labute approximate surface area is 163 Å². The number of carbonyl (C=O) groups is 2. The number of aryl methyl sites for hydroxylation is 1. The number of nitrogens with one attached hydrogen (secondary N) is 2. The van der Waals surface area contributed by atoms with Gasteiger partial charge in [-0.05, 0) is 23.8 Å². The molecule has 0 atom stereocenters. The maximum Gasteiger partial charge on any atom is 0.286 e. The molecule has 2 aromatic rings. The normalized spacial score (nSPS) is 11.5. The molecule has 2 N–H and O–H groups in total. The average molecular weight is 410 g/mol. The van der Waals surface area contributed by atoms with Crippen molar-refractivity contribution in [2.45, 2.75) is 25.2 Å². The number of hydrazine groups is 1. The lowest BCUT2D eigenvalue weighted by Gasteiger charge is -2.17. The molecule has 152 valence electrons. The van der Waals surface area contributed by atoms with Crippen molar-refractivity contribution in [1.82, 2.24) is 19.7 Å². The molecule has 10 heteroatoms. The molecule has 0 saturated heterocycles. The monoisotopic (exact) mass is 410 g/mol. The fraction of sp³-hybridized carbons (Fsp3) is 0.333. The molecule has 28 heavy (non-hydrogen) atoms. The first-order chi connectivity index (χ1) is 13.2. The van der Waals surface area contributed by atoms with Crippen LogP contribution in [0.15, 0.2) is 41.4 Å². The summed E-state index contributed by atoms with van der Waals surface area (Å²) in [6.45, 7) is 4.09. The third kappa shape index (κ3) is 4.96. The van der Waals surface area contributed by atoms with E-state index in [1.165, 1.54) is 52.4 Å². The van der Waals surface area contributed by atoms with Crippen molar-refractivity contribution in [3.05, 3.63) is 53.6 Å². The largest absolute Gasteiger partial charge is 0.345 e. The molecule has 2 amide bonds. The summed E-state index contributed by atoms with van der Waals surface area (Å²) in [5.41, 5.74) is 5.17. The maximum absolute atomic E-state index is 12.9. The van der Waals surface area contributed by atoms with E-state index in [0.29, 0.717) is 18.7 Å². The van der Waals surface area contributed by atoms with Gasteiger partial charge in [-0.2, -0.15) is 4.31 Å². The lowest BCUT2D eigenvalue weighted by atomic mass is 10.1. The van der Waals surface area contributed by atoms with E-state index in [2.05, 4.69) is 10.9 Å². The van der Waals surface area contributed by atoms with E-state index < -0.39 is 27.7 Å². The van der Waals surface area contributed by atoms with Crippen LogP contribution in [0.25, 0.3) is 0 Å². The molecule has 1 heterocycles. The van der Waals surface area contributed by atoms with Crippen molar-refractivity contribution in [3.63, 3.8) is 0 Å². The molecular weight excluding hydrogens is 387 g/mol. The Morgan fingerprint density at radius 2 is 1.71 bits per heavy atom. The molecule has 0 saturated carbocycles. The molecule has 0 aliphatic heterocycles. The Hall–Kier alpha value is -2.72. The number of nitrogens with zero attached hydrogens (tertiary/aromatic N) is 2. The number of benzene rings is 1. The van der Waals surface area contributed by atoms with Gasteiger partial charge in [0.25, 0.3) is 5.91 Å². The van der Waals surface area contributed by atoms with Crippen LogP contribution >= 0.6 is 0 Å². The smallest absolute Gasteiger partial charge is 0.286 e. The number of sulfonamides is 1. The minimum Gasteiger partial charge on any atom is -0.345 e. The summed E-state index contributed by atoms with van der Waals surface area (Å²) < 4.78 is 40.7. The highest BCUT2D eigenvalue weighted by molar-refractivity contribution is 7.89. The molecular formula is C18H23FN4O4S. The van der Waals surface area contributed by atoms with Gasteiger partial charge >= 0.3 is 0 Å². The van der Waals surface area contributed by atoms with E-state index in [1.807, 2.05) is 0 Å². The summed E-state index contributed by atoms with van der Waals surface area (Å²) in [6.07, 6.45) is 1.30. The molecule has 0 fully saturated rings. The third-order valence-electron chi connectivity index (χ3n) is 4.15. The van der Waals surface area contributed by atoms with Crippen molar-refractivity contribution in [3.8, 4) is 0 Å². The van der Waals surface area contributed by atoms with Crippen molar-refractivity contribution in [2.24, 2.45) is 7.05 Å². The third-order valence-corrected chi connectivity index (χ3v) is 6.16. The zero-order valence-corrected chi connectivity index (χ0v) is 16.7. The Balaban J connectivity index is 2.04. The van der Waals surface area contributed by atoms with E-state index in [9.17, 15) is 22.4 Å². The van der Waals surface area contributed by atoms with Crippen LogP contribution in [0, 0.1) is 5.82 Å². The summed E-state index contributed by atoms with van der Waals surface area (Å²) in [5.74, 6) is -1.56. The zero-order valence-electron chi connectivity index (χ0n) is 15.9. The molecule has 0 aliphatic carbocycles. The van der Waals surface area contributed by atoms with E-state index in [1.54, 1.807) is 13.8 Å². The predicted molar refractivity (Wildman–Crippen MR) is 101 cm³/mol. The molecule has 0 bridgehead atoms. The number of hydrogen-bond acceptors (Lipinski definition) is 4. The Bertz CT molecular complexity index is 950. The van der Waals surface area contributed by atoms with E-state index in [4.69, 9.17) is 0 Å². The average Bonchev–Trinajstić information content (AvgIpc) is 3.05. The van der Waals surface area contributed by atoms with Gasteiger partial charge in [-0.15, -0.1) is 0 Å². The first-order valence-electron chi connectivity index (χ1n) is 8.69. The Morgan fingerprint density at radius 1 is 1.11 bits per heavy atom. The van der Waals surface area contributed by atoms with Crippen LogP contribution in [-0.4, -0.2) is 42.2 Å². The van der Waals surface area contributed by atoms with Crippen molar-refractivity contribution < 1.29 is 22.4 Å². The van der Waals surface area contributed by atoms with E-state index in [-0.39, 0.29) is 17.0 Å². The number of halogens is 1. The SMILES string of the molecule is CCN(CC)S(=O)(=O)c1cc(C(=O)NNC(=O)Cc2ccc(F)cc2)n(C)c1. The zero-order chi connectivity index (χ0) is 20.9. The standard InChI is InChI=1S/C18H23FN4O4S/c1-4-23(5-2)28(26,27)15-11-16(22(3)12-15)18(25)21-20-17(24)10-13-6-8-14(19)9-7-13/h6-9,11-12H,4-5,10H2,1-3H3,(H,20,24)(H,21,25). The molecule has 1 aromatic heterocycles. The van der Waals surface area contributed by atoms with Crippen molar-refractivity contribution in [1.29, 1.82) is 0 Å². The quantitative estimate of drug-likeness (QED) is 0.670. The lowest BCUT2D eigenvalue weighted by molar-refractivity contribution is -0.121. The van der Waals surface area contributed by atoms with Crippen LogP contribution < -0.4 is 10.9 Å². The Kier molecular flexibility index (Phi) is 6.92. The predicted octanol–water partition coefficient (Wildman–Crippen LogP) is 1.20. The van der Waals surface area contributed by atoms with Crippen LogP contribution in [0.3, 0.4) is 0 Å². The highest BCUT2D eigenvalue weighted by Crippen LogP contribution is 2.18. The minimum atomic E-state index is -3.70. The summed E-state index contributed by atoms with van der Waals surface area (Å²) in [6, 6.07) is 6.68. The number of hydrogen-bond donors (Lipinski definition) is 2. The van der Waals surface area contributed by atoms with Gasteiger partial charge in [-0.3, -0.25) is 20.4 Å². The molecule has 8 nitrogen and oxygen atoms in total. The minimum absolute atomic E-state index is 0.00138. The van der Waals surface area contributed by atoms with Crippen LogP contribution in [0.1, 0.15) is 29.9 Å². The molecule has 0 spiro atoms. The summed E-state index contributed by atoms with van der Waals surface area (Å²) in [4.78, 5) is 24.2. The van der Waals surface area contributed by atoms with Crippen LogP contribution in [0.4, 0.5) is 4.39 Å². The van der Waals surface area contributed by atoms with Gasteiger partial charge in [0.05, 0.1) is 6.42 Å². The van der Waals surface area contributed by atoms with Crippen LogP contribution in [0.2, 0.25) is 0 Å². The molecule has 0 aliphatic rings. The van der Waals surface area contributed by atoms with Gasteiger partial charge in [-0.25, -0.2) is 12.8 Å². The molecule has 1 aromatic carbocycles. The first-order valence-corrected chi connectivity index (χ1v) is 10.1. The number of rotatable bonds is 7. The van der Waals surface area contributed by atoms with Gasteiger partial charge in [0.15, 0.2) is 0 Å².